The second-order valence-corrected chi connectivity index (χ2v) is 8.24. The molecule has 1 aromatic carbocycles. The fourth-order valence-electron chi connectivity index (χ4n) is 5.35. The molecule has 3 aliphatic heterocycles. The molecule has 5 nitrogen and oxygen atoms in total. The Kier molecular flexibility index (Phi) is 3.83. The summed E-state index contributed by atoms with van der Waals surface area (Å²) < 4.78 is 10.8. The smallest absolute Gasteiger partial charge is 0.337 e. The molecule has 1 N–H and O–H groups in total. The number of piperidine rings is 1. The molecule has 5 heteroatoms. The Morgan fingerprint density at radius 1 is 1.37 bits per heavy atom. The number of esters is 1. The second-order valence-electron chi connectivity index (χ2n) is 8.24. The number of aromatic nitrogens is 1. The number of nitrogens with one attached hydrogen (secondary N) is 1. The predicted octanol–water partition coefficient (Wildman–Crippen LogP) is 3.49. The van der Waals surface area contributed by atoms with E-state index in [-0.39, 0.29) is 18.0 Å². The van der Waals surface area contributed by atoms with E-state index in [0.29, 0.717) is 17.5 Å². The third-order valence-corrected chi connectivity index (χ3v) is 6.79. The summed E-state index contributed by atoms with van der Waals surface area (Å²) in [5.41, 5.74) is 6.00. The average Bonchev–Trinajstić information content (AvgIpc) is 3.05. The Balaban J connectivity index is 1.55. The van der Waals surface area contributed by atoms with Crippen LogP contribution in [0.5, 0.6) is 0 Å². The van der Waals surface area contributed by atoms with Crippen LogP contribution >= 0.6 is 0 Å². The summed E-state index contributed by atoms with van der Waals surface area (Å²) in [6.07, 6.45) is 3.77. The van der Waals surface area contributed by atoms with Gasteiger partial charge >= 0.3 is 5.97 Å². The lowest BCUT2D eigenvalue weighted by molar-refractivity contribution is -0.139. The van der Waals surface area contributed by atoms with E-state index in [1.807, 2.05) is 0 Å². The van der Waals surface area contributed by atoms with E-state index in [0.717, 1.165) is 25.9 Å². The average molecular weight is 366 g/mol. The largest absolute Gasteiger partial charge is 0.497 e. The number of nitrogens with zero attached hydrogens (tertiary/aromatic N) is 1. The van der Waals surface area contributed by atoms with E-state index in [1.165, 1.54) is 34.8 Å². The SMILES string of the molecule is COC(=O)C1=CO[C@@H](C)[C@H]2CN3CCc4c([nH]c5ccc(C)cc45)[C@@H]3C[C@H]12. The molecule has 5 rings (SSSR count). The van der Waals surface area contributed by atoms with Crippen LogP contribution in [-0.2, 0) is 20.7 Å². The summed E-state index contributed by atoms with van der Waals surface area (Å²) in [6.45, 7) is 6.28. The number of aromatic amines is 1. The van der Waals surface area contributed by atoms with Crippen LogP contribution in [0.15, 0.2) is 30.0 Å². The van der Waals surface area contributed by atoms with Gasteiger partial charge in [0.15, 0.2) is 0 Å². The fourth-order valence-corrected chi connectivity index (χ4v) is 5.35. The van der Waals surface area contributed by atoms with Crippen molar-refractivity contribution in [2.75, 3.05) is 20.2 Å². The van der Waals surface area contributed by atoms with E-state index in [9.17, 15) is 4.79 Å². The molecular formula is C22H26N2O3. The molecule has 1 fully saturated rings. The van der Waals surface area contributed by atoms with E-state index in [1.54, 1.807) is 6.26 Å². The van der Waals surface area contributed by atoms with Crippen molar-refractivity contribution in [3.8, 4) is 0 Å². The molecule has 0 unspecified atom stereocenters. The van der Waals surface area contributed by atoms with Gasteiger partial charge in [-0.2, -0.15) is 0 Å². The van der Waals surface area contributed by atoms with Gasteiger partial charge in [0, 0.05) is 41.5 Å². The fraction of sp³-hybridized carbons (Fsp3) is 0.500. The van der Waals surface area contributed by atoms with Gasteiger partial charge in [0.1, 0.15) is 0 Å². The first-order valence-electron chi connectivity index (χ1n) is 9.85. The van der Waals surface area contributed by atoms with Gasteiger partial charge in [-0.1, -0.05) is 11.6 Å². The van der Waals surface area contributed by atoms with Crippen LogP contribution in [0.1, 0.15) is 36.2 Å². The molecule has 1 saturated heterocycles. The van der Waals surface area contributed by atoms with Gasteiger partial charge in [0.25, 0.3) is 0 Å². The maximum atomic E-state index is 12.3. The van der Waals surface area contributed by atoms with Crippen LogP contribution in [0.2, 0.25) is 0 Å². The molecule has 3 aliphatic rings. The summed E-state index contributed by atoms with van der Waals surface area (Å²) in [7, 11) is 1.45. The van der Waals surface area contributed by atoms with Crippen molar-refractivity contribution in [1.29, 1.82) is 0 Å². The highest BCUT2D eigenvalue weighted by Crippen LogP contribution is 2.47. The second kappa shape index (κ2) is 6.13. The molecule has 0 saturated carbocycles. The zero-order valence-electron chi connectivity index (χ0n) is 16.1. The number of aryl methyl sites for hydroxylation is 1. The van der Waals surface area contributed by atoms with Crippen LogP contribution in [0.3, 0.4) is 0 Å². The van der Waals surface area contributed by atoms with Gasteiger partial charge in [-0.15, -0.1) is 0 Å². The molecule has 0 aliphatic carbocycles. The third-order valence-electron chi connectivity index (χ3n) is 6.79. The first-order valence-corrected chi connectivity index (χ1v) is 9.85. The van der Waals surface area contributed by atoms with Crippen molar-refractivity contribution < 1.29 is 14.3 Å². The molecule has 0 spiro atoms. The Morgan fingerprint density at radius 2 is 2.22 bits per heavy atom. The molecule has 1 aromatic heterocycles. The van der Waals surface area contributed by atoms with Crippen LogP contribution in [-0.4, -0.2) is 42.2 Å². The van der Waals surface area contributed by atoms with Crippen LogP contribution < -0.4 is 0 Å². The third kappa shape index (κ3) is 2.52. The van der Waals surface area contributed by atoms with Crippen molar-refractivity contribution in [3.05, 3.63) is 46.9 Å². The number of H-pyrrole nitrogens is 1. The van der Waals surface area contributed by atoms with Gasteiger partial charge in [-0.25, -0.2) is 4.79 Å². The van der Waals surface area contributed by atoms with Gasteiger partial charge in [0.05, 0.1) is 31.1 Å². The highest BCUT2D eigenvalue weighted by Gasteiger charge is 2.46. The van der Waals surface area contributed by atoms with Gasteiger partial charge < -0.3 is 14.5 Å². The normalized spacial score (nSPS) is 30.0. The first kappa shape index (κ1) is 16.9. The Bertz CT molecular complexity index is 944. The lowest BCUT2D eigenvalue weighted by atomic mass is 9.72. The van der Waals surface area contributed by atoms with Crippen LogP contribution in [0.25, 0.3) is 10.9 Å². The number of carbonyl (C=O) groups is 1. The molecule has 142 valence electrons. The summed E-state index contributed by atoms with van der Waals surface area (Å²) in [6, 6.07) is 6.97. The van der Waals surface area contributed by atoms with Gasteiger partial charge in [-0.05, 0) is 44.4 Å². The molecule has 27 heavy (non-hydrogen) atoms. The maximum absolute atomic E-state index is 12.3. The van der Waals surface area contributed by atoms with E-state index < -0.39 is 0 Å². The van der Waals surface area contributed by atoms with E-state index in [4.69, 9.17) is 9.47 Å². The minimum Gasteiger partial charge on any atom is -0.497 e. The number of rotatable bonds is 1. The minimum atomic E-state index is -0.256. The maximum Gasteiger partial charge on any atom is 0.337 e. The zero-order chi connectivity index (χ0) is 18.7. The summed E-state index contributed by atoms with van der Waals surface area (Å²) in [5, 5.41) is 1.36. The van der Waals surface area contributed by atoms with E-state index >= 15 is 0 Å². The highest BCUT2D eigenvalue weighted by molar-refractivity contribution is 5.89. The molecular weight excluding hydrogens is 340 g/mol. The van der Waals surface area contributed by atoms with Crippen molar-refractivity contribution in [3.63, 3.8) is 0 Å². The Hall–Kier alpha value is -2.27. The summed E-state index contributed by atoms with van der Waals surface area (Å²) >= 11 is 0. The molecule has 0 bridgehead atoms. The lowest BCUT2D eigenvalue weighted by Gasteiger charge is -2.49. The van der Waals surface area contributed by atoms with Gasteiger partial charge in [0.2, 0.25) is 0 Å². The molecule has 4 heterocycles. The topological polar surface area (TPSA) is 54.6 Å². The Morgan fingerprint density at radius 3 is 3.04 bits per heavy atom. The monoisotopic (exact) mass is 366 g/mol. The number of carbonyl (C=O) groups excluding carboxylic acids is 1. The predicted molar refractivity (Wildman–Crippen MR) is 103 cm³/mol. The summed E-state index contributed by atoms with van der Waals surface area (Å²) in [4.78, 5) is 18.6. The Labute approximate surface area is 159 Å². The highest BCUT2D eigenvalue weighted by atomic mass is 16.5. The molecule has 0 amide bonds. The van der Waals surface area contributed by atoms with Crippen molar-refractivity contribution in [1.82, 2.24) is 9.88 Å². The lowest BCUT2D eigenvalue weighted by Crippen LogP contribution is -2.51. The number of benzene rings is 1. The van der Waals surface area contributed by atoms with Crippen molar-refractivity contribution >= 4 is 16.9 Å². The number of methoxy groups -OCH3 is 1. The van der Waals surface area contributed by atoms with Crippen LogP contribution in [0, 0.1) is 18.8 Å². The van der Waals surface area contributed by atoms with Crippen LogP contribution in [0.4, 0.5) is 0 Å². The quantitative estimate of drug-likeness (QED) is 0.785. The first-order chi connectivity index (χ1) is 13.1. The molecule has 0 radical (unpaired) electrons. The van der Waals surface area contributed by atoms with Crippen molar-refractivity contribution in [2.45, 2.75) is 38.8 Å². The van der Waals surface area contributed by atoms with E-state index in [2.05, 4.69) is 41.9 Å². The minimum absolute atomic E-state index is 0.121. The number of hydrogen-bond acceptors (Lipinski definition) is 4. The molecule has 2 aromatic rings. The number of ether oxygens (including phenoxy) is 2. The molecule has 4 atom stereocenters. The summed E-state index contributed by atoms with van der Waals surface area (Å²) in [5.74, 6) is 0.253. The standard InChI is InChI=1S/C22H26N2O3/c1-12-4-5-19-16(8-12)14-6-7-24-10-17-13(2)27-11-18(22(25)26-3)15(17)9-20(24)21(14)23-19/h4-5,8,11,13,15,17,20,23H,6-7,9-10H2,1-3H3/t13-,15-,17+,20-/m0/s1. The number of hydrogen-bond donors (Lipinski definition) is 1. The van der Waals surface area contributed by atoms with Crippen molar-refractivity contribution in [2.24, 2.45) is 11.8 Å². The zero-order valence-corrected chi connectivity index (χ0v) is 16.1. The number of fused-ring (bicyclic) bond motifs is 6. The van der Waals surface area contributed by atoms with Gasteiger partial charge in [-0.3, -0.25) is 4.90 Å².